The lowest BCUT2D eigenvalue weighted by atomic mass is 10.1. The zero-order valence-corrected chi connectivity index (χ0v) is 16.7. The number of hydrogen-bond donors (Lipinski definition) is 0. The molecule has 0 radical (unpaired) electrons. The van der Waals surface area contributed by atoms with Gasteiger partial charge in [0, 0.05) is 11.9 Å². The van der Waals surface area contributed by atoms with Crippen LogP contribution in [0, 0.1) is 0 Å². The third-order valence-electron chi connectivity index (χ3n) is 4.34. The Morgan fingerprint density at radius 3 is 2.29 bits per heavy atom. The molecule has 0 saturated carbocycles. The largest absolute Gasteiger partial charge is 0.454 e. The Morgan fingerprint density at radius 1 is 1.14 bits per heavy atom. The number of benzene rings is 1. The SMILES string of the molecule is CC(C(=O)OCC(=O)N(C)Cc1ccc(Cl)s1)N1C(=O)c2ccccc2C1=O. The molecule has 0 saturated heterocycles. The highest BCUT2D eigenvalue weighted by Gasteiger charge is 2.41. The Kier molecular flexibility index (Phi) is 5.81. The van der Waals surface area contributed by atoms with Crippen LogP contribution in [0.5, 0.6) is 0 Å². The van der Waals surface area contributed by atoms with Crippen molar-refractivity contribution in [3.63, 3.8) is 0 Å². The predicted molar refractivity (Wildman–Crippen MR) is 103 cm³/mol. The Labute approximate surface area is 170 Å². The van der Waals surface area contributed by atoms with E-state index in [1.807, 2.05) is 6.07 Å². The van der Waals surface area contributed by atoms with Gasteiger partial charge >= 0.3 is 5.97 Å². The molecule has 1 unspecified atom stereocenters. The number of carbonyl (C=O) groups is 4. The number of nitrogens with zero attached hydrogens (tertiary/aromatic N) is 2. The summed E-state index contributed by atoms with van der Waals surface area (Å²) in [7, 11) is 1.58. The molecular weight excluding hydrogens is 404 g/mol. The van der Waals surface area contributed by atoms with Crippen LogP contribution >= 0.6 is 22.9 Å². The van der Waals surface area contributed by atoms with E-state index in [4.69, 9.17) is 16.3 Å². The average molecular weight is 421 g/mol. The van der Waals surface area contributed by atoms with Gasteiger partial charge in [-0.15, -0.1) is 11.3 Å². The van der Waals surface area contributed by atoms with E-state index in [-0.39, 0.29) is 11.1 Å². The number of thiophene rings is 1. The van der Waals surface area contributed by atoms with Gasteiger partial charge in [-0.05, 0) is 31.2 Å². The maximum absolute atomic E-state index is 12.4. The van der Waals surface area contributed by atoms with Crippen molar-refractivity contribution in [1.29, 1.82) is 0 Å². The number of hydrogen-bond acceptors (Lipinski definition) is 6. The maximum atomic E-state index is 12.4. The van der Waals surface area contributed by atoms with Crippen LogP contribution in [-0.4, -0.2) is 53.2 Å². The van der Waals surface area contributed by atoms with Crippen LogP contribution in [0.3, 0.4) is 0 Å². The summed E-state index contributed by atoms with van der Waals surface area (Å²) in [5, 5.41) is 0. The molecular formula is C19H17ClN2O5S. The van der Waals surface area contributed by atoms with E-state index in [9.17, 15) is 19.2 Å². The fourth-order valence-corrected chi connectivity index (χ4v) is 3.93. The Bertz CT molecular complexity index is 922. The number of carbonyl (C=O) groups excluding carboxylic acids is 4. The zero-order chi connectivity index (χ0) is 20.4. The molecule has 1 atom stereocenters. The topological polar surface area (TPSA) is 84.0 Å². The molecule has 2 heterocycles. The van der Waals surface area contributed by atoms with Gasteiger partial charge in [0.15, 0.2) is 6.61 Å². The van der Waals surface area contributed by atoms with Gasteiger partial charge in [0.2, 0.25) is 0 Å². The van der Waals surface area contributed by atoms with Gasteiger partial charge in [0.25, 0.3) is 17.7 Å². The molecule has 146 valence electrons. The number of imide groups is 1. The summed E-state index contributed by atoms with van der Waals surface area (Å²) in [6, 6.07) is 8.77. The van der Waals surface area contributed by atoms with E-state index in [1.165, 1.54) is 35.3 Å². The zero-order valence-electron chi connectivity index (χ0n) is 15.2. The van der Waals surface area contributed by atoms with E-state index in [1.54, 1.807) is 25.2 Å². The molecule has 7 nitrogen and oxygen atoms in total. The summed E-state index contributed by atoms with van der Waals surface area (Å²) in [5.74, 6) is -2.34. The van der Waals surface area contributed by atoms with Gasteiger partial charge in [0.1, 0.15) is 6.04 Å². The minimum atomic E-state index is -1.14. The van der Waals surface area contributed by atoms with Gasteiger partial charge in [-0.2, -0.15) is 0 Å². The molecule has 1 aliphatic rings. The van der Waals surface area contributed by atoms with Crippen LogP contribution in [0.1, 0.15) is 32.5 Å². The first-order chi connectivity index (χ1) is 13.3. The van der Waals surface area contributed by atoms with Crippen molar-refractivity contribution in [3.8, 4) is 0 Å². The van der Waals surface area contributed by atoms with Gasteiger partial charge in [-0.1, -0.05) is 23.7 Å². The van der Waals surface area contributed by atoms with Gasteiger partial charge in [-0.25, -0.2) is 4.79 Å². The summed E-state index contributed by atoms with van der Waals surface area (Å²) in [6.45, 7) is 1.25. The highest BCUT2D eigenvalue weighted by molar-refractivity contribution is 7.16. The maximum Gasteiger partial charge on any atom is 0.329 e. The molecule has 1 aromatic heterocycles. The third kappa shape index (κ3) is 3.93. The van der Waals surface area contributed by atoms with Crippen molar-refractivity contribution in [3.05, 3.63) is 56.7 Å². The lowest BCUT2D eigenvalue weighted by molar-refractivity contribution is -0.154. The molecule has 0 aliphatic carbocycles. The van der Waals surface area contributed by atoms with Crippen LogP contribution in [0.15, 0.2) is 36.4 Å². The molecule has 2 aromatic rings. The molecule has 3 amide bonds. The lowest BCUT2D eigenvalue weighted by Crippen LogP contribution is -2.44. The first-order valence-corrected chi connectivity index (χ1v) is 9.60. The fourth-order valence-electron chi connectivity index (χ4n) is 2.79. The van der Waals surface area contributed by atoms with E-state index in [0.29, 0.717) is 10.9 Å². The van der Waals surface area contributed by atoms with Crippen LogP contribution in [-0.2, 0) is 20.9 Å². The second-order valence-electron chi connectivity index (χ2n) is 6.27. The fraction of sp³-hybridized carbons (Fsp3) is 0.263. The summed E-state index contributed by atoms with van der Waals surface area (Å²) in [5.41, 5.74) is 0.495. The number of esters is 1. The van der Waals surface area contributed by atoms with Crippen LogP contribution in [0.25, 0.3) is 0 Å². The molecule has 0 spiro atoms. The van der Waals surface area contributed by atoms with Crippen LogP contribution in [0.4, 0.5) is 0 Å². The third-order valence-corrected chi connectivity index (χ3v) is 5.56. The first-order valence-electron chi connectivity index (χ1n) is 8.41. The van der Waals surface area contributed by atoms with Crippen molar-refractivity contribution in [2.45, 2.75) is 19.5 Å². The minimum absolute atomic E-state index is 0.248. The molecule has 28 heavy (non-hydrogen) atoms. The monoisotopic (exact) mass is 420 g/mol. The molecule has 3 rings (SSSR count). The average Bonchev–Trinajstić information content (AvgIpc) is 3.20. The van der Waals surface area contributed by atoms with Crippen molar-refractivity contribution >= 4 is 46.6 Å². The molecule has 1 aromatic carbocycles. The van der Waals surface area contributed by atoms with Gasteiger partial charge < -0.3 is 9.64 Å². The number of amides is 3. The number of likely N-dealkylation sites (N-methyl/N-ethyl adjacent to an activating group) is 1. The standard InChI is InChI=1S/C19H17ClN2O5S/c1-11(22-17(24)13-5-3-4-6-14(13)18(22)25)19(26)27-10-16(23)21(2)9-12-7-8-15(20)28-12/h3-8,11H,9-10H2,1-2H3. The Hall–Kier alpha value is -2.71. The quantitative estimate of drug-likeness (QED) is 0.529. The molecule has 0 fully saturated rings. The molecule has 1 aliphatic heterocycles. The molecule has 0 N–H and O–H groups in total. The molecule has 0 bridgehead atoms. The smallest absolute Gasteiger partial charge is 0.329 e. The van der Waals surface area contributed by atoms with Gasteiger partial charge in [0.05, 0.1) is 22.0 Å². The van der Waals surface area contributed by atoms with E-state index >= 15 is 0 Å². The van der Waals surface area contributed by atoms with Crippen molar-refractivity contribution in [2.24, 2.45) is 0 Å². The van der Waals surface area contributed by atoms with Crippen molar-refractivity contribution in [2.75, 3.05) is 13.7 Å². The minimum Gasteiger partial charge on any atom is -0.454 e. The van der Waals surface area contributed by atoms with E-state index in [2.05, 4.69) is 0 Å². The van der Waals surface area contributed by atoms with Crippen LogP contribution in [0.2, 0.25) is 4.34 Å². The Balaban J connectivity index is 1.57. The number of halogens is 1. The first kappa shape index (κ1) is 20.0. The number of rotatable bonds is 6. The van der Waals surface area contributed by atoms with Crippen LogP contribution < -0.4 is 0 Å². The van der Waals surface area contributed by atoms with E-state index in [0.717, 1.165) is 9.78 Å². The number of fused-ring (bicyclic) bond motifs is 1. The summed E-state index contributed by atoms with van der Waals surface area (Å²) in [4.78, 5) is 52.5. The second kappa shape index (κ2) is 8.12. The molecule has 9 heteroatoms. The van der Waals surface area contributed by atoms with Gasteiger partial charge in [-0.3, -0.25) is 19.3 Å². The summed E-state index contributed by atoms with van der Waals surface area (Å²) < 4.78 is 5.66. The Morgan fingerprint density at radius 2 is 1.75 bits per heavy atom. The number of ether oxygens (including phenoxy) is 1. The lowest BCUT2D eigenvalue weighted by Gasteiger charge is -2.21. The van der Waals surface area contributed by atoms with Crippen molar-refractivity contribution in [1.82, 2.24) is 9.80 Å². The predicted octanol–water partition coefficient (Wildman–Crippen LogP) is 2.59. The van der Waals surface area contributed by atoms with E-state index < -0.39 is 36.3 Å². The normalized spacial score (nSPS) is 14.0. The van der Waals surface area contributed by atoms with Crippen molar-refractivity contribution < 1.29 is 23.9 Å². The highest BCUT2D eigenvalue weighted by atomic mass is 35.5. The second-order valence-corrected chi connectivity index (χ2v) is 8.06. The summed E-state index contributed by atoms with van der Waals surface area (Å²) >= 11 is 7.22. The highest BCUT2D eigenvalue weighted by Crippen LogP contribution is 2.25. The summed E-state index contributed by atoms with van der Waals surface area (Å²) in [6.07, 6.45) is 0.